The van der Waals surface area contributed by atoms with Crippen molar-refractivity contribution in [3.8, 4) is 0 Å². The van der Waals surface area contributed by atoms with Crippen LogP contribution in [0.1, 0.15) is 16.8 Å². The highest BCUT2D eigenvalue weighted by molar-refractivity contribution is 6.04. The molecule has 0 saturated carbocycles. The van der Waals surface area contributed by atoms with Crippen molar-refractivity contribution >= 4 is 28.9 Å². The van der Waals surface area contributed by atoms with Crippen molar-refractivity contribution in [2.75, 3.05) is 13.2 Å². The van der Waals surface area contributed by atoms with Gasteiger partial charge in [0.15, 0.2) is 0 Å². The van der Waals surface area contributed by atoms with Crippen molar-refractivity contribution in [1.29, 1.82) is 0 Å². The number of hydrogen-bond donors (Lipinski definition) is 2. The molecule has 0 saturated heterocycles. The fourth-order valence-electron chi connectivity index (χ4n) is 2.39. The number of carbonyl (C=O) groups excluding carboxylic acids is 3. The van der Waals surface area contributed by atoms with Gasteiger partial charge in [0, 0.05) is 6.04 Å². The number of rotatable bonds is 8. The molecule has 0 heterocycles. The minimum Gasteiger partial charge on any atom is -0.459 e. The first-order valence-corrected chi connectivity index (χ1v) is 8.49. The topological polar surface area (TPSA) is 125 Å². The van der Waals surface area contributed by atoms with E-state index in [0.717, 1.165) is 10.8 Å². The second-order valence-corrected chi connectivity index (χ2v) is 5.88. The van der Waals surface area contributed by atoms with Gasteiger partial charge >= 0.3 is 18.1 Å². The number of ether oxygens (including phenoxy) is 3. The molecule has 0 aliphatic heterocycles. The van der Waals surface area contributed by atoms with Gasteiger partial charge in [0.2, 0.25) is 0 Å². The van der Waals surface area contributed by atoms with E-state index in [0.29, 0.717) is 5.56 Å². The van der Waals surface area contributed by atoms with Crippen molar-refractivity contribution in [1.82, 2.24) is 0 Å². The second kappa shape index (κ2) is 10.2. The SMILES string of the molecule is C=CCOC(=O)OC(=O)CC(N)C(O)COC(=O)c1cccc2ccccc12. The van der Waals surface area contributed by atoms with Gasteiger partial charge in [0.05, 0.1) is 12.0 Å². The zero-order valence-electron chi connectivity index (χ0n) is 15.1. The van der Waals surface area contributed by atoms with Gasteiger partial charge in [-0.15, -0.1) is 0 Å². The Morgan fingerprint density at radius 1 is 1.11 bits per heavy atom. The van der Waals surface area contributed by atoms with Gasteiger partial charge in [-0.3, -0.25) is 4.79 Å². The zero-order valence-corrected chi connectivity index (χ0v) is 15.1. The second-order valence-electron chi connectivity index (χ2n) is 5.88. The molecular formula is C20H21NO7. The van der Waals surface area contributed by atoms with E-state index in [1.807, 2.05) is 18.2 Å². The average Bonchev–Trinajstić information content (AvgIpc) is 2.69. The molecule has 28 heavy (non-hydrogen) atoms. The van der Waals surface area contributed by atoms with E-state index in [2.05, 4.69) is 16.1 Å². The molecule has 0 aliphatic rings. The summed E-state index contributed by atoms with van der Waals surface area (Å²) in [5.41, 5.74) is 6.05. The summed E-state index contributed by atoms with van der Waals surface area (Å²) < 4.78 is 14.0. The lowest BCUT2D eigenvalue weighted by atomic mass is 10.0. The standard InChI is InChI=1S/C20H21NO7/c1-2-10-26-20(25)28-18(23)11-16(21)17(22)12-27-19(24)15-9-5-7-13-6-3-4-8-14(13)15/h2-9,16-17,22H,1,10-12,21H2. The highest BCUT2D eigenvalue weighted by Gasteiger charge is 2.23. The minimum atomic E-state index is -1.32. The van der Waals surface area contributed by atoms with Crippen LogP contribution < -0.4 is 5.73 Å². The fraction of sp³-hybridized carbons (Fsp3) is 0.250. The van der Waals surface area contributed by atoms with E-state index in [4.69, 9.17) is 10.5 Å². The van der Waals surface area contributed by atoms with Gasteiger partial charge in [-0.05, 0) is 16.8 Å². The van der Waals surface area contributed by atoms with Crippen LogP contribution in [0.3, 0.4) is 0 Å². The van der Waals surface area contributed by atoms with E-state index < -0.39 is 43.3 Å². The number of aliphatic hydroxyl groups excluding tert-OH is 1. The lowest BCUT2D eigenvalue weighted by molar-refractivity contribution is -0.140. The Morgan fingerprint density at radius 3 is 2.57 bits per heavy atom. The maximum atomic E-state index is 12.3. The monoisotopic (exact) mass is 387 g/mol. The smallest absolute Gasteiger partial charge is 0.459 e. The minimum absolute atomic E-state index is 0.106. The third kappa shape index (κ3) is 5.90. The lowest BCUT2D eigenvalue weighted by Gasteiger charge is -2.18. The molecule has 2 aromatic carbocycles. The van der Waals surface area contributed by atoms with Crippen LogP contribution >= 0.6 is 0 Å². The van der Waals surface area contributed by atoms with Crippen LogP contribution in [0.4, 0.5) is 4.79 Å². The Labute approximate surface area is 161 Å². The quantitative estimate of drug-likeness (QED) is 0.400. The summed E-state index contributed by atoms with van der Waals surface area (Å²) in [7, 11) is 0. The van der Waals surface area contributed by atoms with E-state index >= 15 is 0 Å². The number of carbonyl (C=O) groups is 3. The normalized spacial score (nSPS) is 12.6. The molecule has 2 atom stereocenters. The van der Waals surface area contributed by atoms with Crippen molar-refractivity contribution in [2.24, 2.45) is 5.73 Å². The van der Waals surface area contributed by atoms with Crippen LogP contribution in [0.25, 0.3) is 10.8 Å². The number of esters is 2. The Balaban J connectivity index is 1.86. The number of fused-ring (bicyclic) bond motifs is 1. The van der Waals surface area contributed by atoms with Crippen molar-refractivity contribution in [3.63, 3.8) is 0 Å². The molecule has 8 heteroatoms. The maximum absolute atomic E-state index is 12.3. The first kappa shape index (κ1) is 21.1. The zero-order chi connectivity index (χ0) is 20.5. The van der Waals surface area contributed by atoms with Gasteiger partial charge < -0.3 is 25.1 Å². The molecule has 2 aromatic rings. The number of aliphatic hydroxyl groups is 1. The molecule has 0 spiro atoms. The summed E-state index contributed by atoms with van der Waals surface area (Å²) in [6.45, 7) is 2.82. The highest BCUT2D eigenvalue weighted by Crippen LogP contribution is 2.19. The summed E-state index contributed by atoms with van der Waals surface area (Å²) in [4.78, 5) is 35.1. The molecule has 2 rings (SSSR count). The molecule has 0 radical (unpaired) electrons. The first-order valence-electron chi connectivity index (χ1n) is 8.49. The van der Waals surface area contributed by atoms with Crippen molar-refractivity contribution in [3.05, 3.63) is 60.7 Å². The van der Waals surface area contributed by atoms with Gasteiger partial charge in [-0.2, -0.15) is 0 Å². The molecule has 0 aromatic heterocycles. The van der Waals surface area contributed by atoms with Gasteiger partial charge in [0.1, 0.15) is 19.3 Å². The molecule has 0 aliphatic carbocycles. The third-order valence-corrected chi connectivity index (χ3v) is 3.81. The van der Waals surface area contributed by atoms with E-state index in [1.54, 1.807) is 24.3 Å². The summed E-state index contributed by atoms with van der Waals surface area (Å²) in [6.07, 6.45) is -1.66. The molecule has 0 amide bonds. The first-order chi connectivity index (χ1) is 13.4. The van der Waals surface area contributed by atoms with Gasteiger partial charge in [-0.1, -0.05) is 49.1 Å². The number of hydrogen-bond acceptors (Lipinski definition) is 8. The lowest BCUT2D eigenvalue weighted by Crippen LogP contribution is -2.40. The molecule has 3 N–H and O–H groups in total. The number of nitrogens with two attached hydrogens (primary N) is 1. The summed E-state index contributed by atoms with van der Waals surface area (Å²) in [6, 6.07) is 11.4. The Morgan fingerprint density at radius 2 is 1.82 bits per heavy atom. The summed E-state index contributed by atoms with van der Waals surface area (Å²) in [5.74, 6) is -1.60. The van der Waals surface area contributed by atoms with E-state index in [1.165, 1.54) is 6.08 Å². The largest absolute Gasteiger partial charge is 0.516 e. The Kier molecular flexibility index (Phi) is 7.67. The molecule has 0 bridgehead atoms. The predicted octanol–water partition coefficient (Wildman–Crippen LogP) is 1.94. The van der Waals surface area contributed by atoms with Crippen LogP contribution in [0.2, 0.25) is 0 Å². The summed E-state index contributed by atoms with van der Waals surface area (Å²) >= 11 is 0. The number of benzene rings is 2. The van der Waals surface area contributed by atoms with Crippen molar-refractivity contribution in [2.45, 2.75) is 18.6 Å². The van der Waals surface area contributed by atoms with Crippen LogP contribution in [-0.4, -0.2) is 48.6 Å². The molecule has 0 fully saturated rings. The van der Waals surface area contributed by atoms with Crippen LogP contribution in [0, 0.1) is 0 Å². The molecular weight excluding hydrogens is 366 g/mol. The Bertz CT molecular complexity index is 859. The predicted molar refractivity (Wildman–Crippen MR) is 100 cm³/mol. The van der Waals surface area contributed by atoms with E-state index in [9.17, 15) is 19.5 Å². The molecule has 8 nitrogen and oxygen atoms in total. The van der Waals surface area contributed by atoms with Crippen LogP contribution in [0.15, 0.2) is 55.1 Å². The Hall–Kier alpha value is -3.23. The summed E-state index contributed by atoms with van der Waals surface area (Å²) in [5, 5.41) is 11.6. The molecule has 2 unspecified atom stereocenters. The molecule has 148 valence electrons. The highest BCUT2D eigenvalue weighted by atomic mass is 16.7. The van der Waals surface area contributed by atoms with Crippen LogP contribution in [-0.2, 0) is 19.0 Å². The average molecular weight is 387 g/mol. The van der Waals surface area contributed by atoms with Gasteiger partial charge in [-0.25, -0.2) is 9.59 Å². The van der Waals surface area contributed by atoms with Crippen LogP contribution in [0.5, 0.6) is 0 Å². The van der Waals surface area contributed by atoms with Crippen molar-refractivity contribution < 1.29 is 33.7 Å². The maximum Gasteiger partial charge on any atom is 0.516 e. The van der Waals surface area contributed by atoms with Gasteiger partial charge in [0.25, 0.3) is 0 Å². The third-order valence-electron chi connectivity index (χ3n) is 3.81. The van der Waals surface area contributed by atoms with E-state index in [-0.39, 0.29) is 6.61 Å². The fourth-order valence-corrected chi connectivity index (χ4v) is 2.39.